The summed E-state index contributed by atoms with van der Waals surface area (Å²) in [6.07, 6.45) is 5.79. The second kappa shape index (κ2) is 8.52. The highest BCUT2D eigenvalue weighted by Gasteiger charge is 2.16. The van der Waals surface area contributed by atoms with Gasteiger partial charge >= 0.3 is 6.03 Å². The highest BCUT2D eigenvalue weighted by atomic mass is 79.9. The molecule has 0 aliphatic heterocycles. The van der Waals surface area contributed by atoms with Gasteiger partial charge in [-0.15, -0.1) is 0 Å². The molecule has 1 unspecified atom stereocenters. The second-order valence-corrected chi connectivity index (χ2v) is 7.57. The van der Waals surface area contributed by atoms with E-state index >= 15 is 0 Å². The molecule has 25 heavy (non-hydrogen) atoms. The predicted octanol–water partition coefficient (Wildman–Crippen LogP) is 5.28. The van der Waals surface area contributed by atoms with E-state index in [0.717, 1.165) is 22.9 Å². The van der Waals surface area contributed by atoms with Crippen LogP contribution in [0.3, 0.4) is 0 Å². The summed E-state index contributed by atoms with van der Waals surface area (Å²) >= 11 is 3.45. The third-order valence-electron chi connectivity index (χ3n) is 4.83. The first-order chi connectivity index (χ1) is 12.2. The first kappa shape index (κ1) is 18.0. The fraction of sp³-hybridized carbons (Fsp3) is 0.381. The summed E-state index contributed by atoms with van der Waals surface area (Å²) < 4.78 is 1.02. The third kappa shape index (κ3) is 4.85. The SMILES string of the molecule is CCC(NC(=O)NCc1cccc(Br)c1)c1ccc2c(c1)CCCC2. The van der Waals surface area contributed by atoms with Gasteiger partial charge in [-0.1, -0.05) is 53.2 Å². The lowest BCUT2D eigenvalue weighted by atomic mass is 9.89. The van der Waals surface area contributed by atoms with Gasteiger partial charge < -0.3 is 10.6 Å². The lowest BCUT2D eigenvalue weighted by Crippen LogP contribution is -2.37. The van der Waals surface area contributed by atoms with E-state index in [1.165, 1.54) is 36.0 Å². The Kier molecular flexibility index (Phi) is 6.14. The minimum absolute atomic E-state index is 0.0507. The van der Waals surface area contributed by atoms with Crippen molar-refractivity contribution in [2.45, 2.75) is 51.6 Å². The van der Waals surface area contributed by atoms with Crippen LogP contribution in [0.5, 0.6) is 0 Å². The molecule has 2 N–H and O–H groups in total. The highest BCUT2D eigenvalue weighted by Crippen LogP contribution is 2.26. The lowest BCUT2D eigenvalue weighted by molar-refractivity contribution is 0.236. The van der Waals surface area contributed by atoms with Crippen molar-refractivity contribution in [2.75, 3.05) is 0 Å². The van der Waals surface area contributed by atoms with Crippen molar-refractivity contribution in [3.8, 4) is 0 Å². The Hall–Kier alpha value is -1.81. The zero-order valence-electron chi connectivity index (χ0n) is 14.6. The first-order valence-corrected chi connectivity index (χ1v) is 9.85. The molecule has 0 saturated heterocycles. The summed E-state index contributed by atoms with van der Waals surface area (Å²) in [5.41, 5.74) is 5.22. The Balaban J connectivity index is 1.60. The number of rotatable bonds is 5. The van der Waals surface area contributed by atoms with Crippen LogP contribution in [0.1, 0.15) is 54.5 Å². The summed E-state index contributed by atoms with van der Waals surface area (Å²) in [4.78, 5) is 12.3. The maximum absolute atomic E-state index is 12.3. The van der Waals surface area contributed by atoms with Crippen LogP contribution >= 0.6 is 15.9 Å². The largest absolute Gasteiger partial charge is 0.334 e. The topological polar surface area (TPSA) is 41.1 Å². The molecule has 1 atom stereocenters. The first-order valence-electron chi connectivity index (χ1n) is 9.06. The minimum Gasteiger partial charge on any atom is -0.334 e. The predicted molar refractivity (Wildman–Crippen MR) is 106 cm³/mol. The molecule has 2 aromatic rings. The molecule has 3 nitrogen and oxygen atoms in total. The van der Waals surface area contributed by atoms with Crippen LogP contribution in [-0.2, 0) is 19.4 Å². The number of amides is 2. The molecule has 2 aromatic carbocycles. The average Bonchev–Trinajstić information content (AvgIpc) is 2.64. The normalized spacial score (nSPS) is 14.5. The molecular formula is C21H25BrN2O. The number of nitrogens with one attached hydrogen (secondary N) is 2. The van der Waals surface area contributed by atoms with Crippen LogP contribution in [0.2, 0.25) is 0 Å². The monoisotopic (exact) mass is 400 g/mol. The standard InChI is InChI=1S/C21H25BrN2O/c1-2-20(18-11-10-16-7-3-4-8-17(16)13-18)24-21(25)23-14-15-6-5-9-19(22)12-15/h5-6,9-13,20H,2-4,7-8,14H2,1H3,(H2,23,24,25). The van der Waals surface area contributed by atoms with Gasteiger partial charge in [-0.25, -0.2) is 4.79 Å². The quantitative estimate of drug-likeness (QED) is 0.703. The Bertz CT molecular complexity index is 744. The molecule has 0 bridgehead atoms. The minimum atomic E-state index is -0.121. The smallest absolute Gasteiger partial charge is 0.315 e. The van der Waals surface area contributed by atoms with E-state index < -0.39 is 0 Å². The average molecular weight is 401 g/mol. The van der Waals surface area contributed by atoms with Crippen LogP contribution in [0, 0.1) is 0 Å². The second-order valence-electron chi connectivity index (χ2n) is 6.65. The van der Waals surface area contributed by atoms with Crippen LogP contribution in [-0.4, -0.2) is 6.03 Å². The zero-order chi connectivity index (χ0) is 17.6. The van der Waals surface area contributed by atoms with Gasteiger partial charge in [0.2, 0.25) is 0 Å². The molecule has 0 aromatic heterocycles. The summed E-state index contributed by atoms with van der Waals surface area (Å²) in [5.74, 6) is 0. The van der Waals surface area contributed by atoms with Gasteiger partial charge in [-0.3, -0.25) is 0 Å². The van der Waals surface area contributed by atoms with Crippen LogP contribution in [0.25, 0.3) is 0 Å². The van der Waals surface area contributed by atoms with Crippen LogP contribution in [0.15, 0.2) is 46.9 Å². The fourth-order valence-corrected chi connectivity index (χ4v) is 3.88. The molecule has 1 aliphatic rings. The van der Waals surface area contributed by atoms with E-state index in [2.05, 4.69) is 51.7 Å². The Morgan fingerprint density at radius 2 is 1.92 bits per heavy atom. The van der Waals surface area contributed by atoms with E-state index in [1.54, 1.807) is 0 Å². The van der Waals surface area contributed by atoms with Crippen molar-refractivity contribution in [3.05, 3.63) is 69.2 Å². The molecule has 3 rings (SSSR count). The van der Waals surface area contributed by atoms with Crippen LogP contribution < -0.4 is 10.6 Å². The number of hydrogen-bond acceptors (Lipinski definition) is 1. The molecule has 0 saturated carbocycles. The molecule has 4 heteroatoms. The number of fused-ring (bicyclic) bond motifs is 1. The summed E-state index contributed by atoms with van der Waals surface area (Å²) in [7, 11) is 0. The van der Waals surface area contributed by atoms with E-state index in [9.17, 15) is 4.79 Å². The third-order valence-corrected chi connectivity index (χ3v) is 5.32. The molecule has 0 fully saturated rings. The highest BCUT2D eigenvalue weighted by molar-refractivity contribution is 9.10. The fourth-order valence-electron chi connectivity index (χ4n) is 3.43. The number of hydrogen-bond donors (Lipinski definition) is 2. The Morgan fingerprint density at radius 3 is 2.68 bits per heavy atom. The number of halogens is 1. The van der Waals surface area contributed by atoms with Crippen molar-refractivity contribution in [1.29, 1.82) is 0 Å². The van der Waals surface area contributed by atoms with E-state index in [-0.39, 0.29) is 12.1 Å². The maximum atomic E-state index is 12.3. The van der Waals surface area contributed by atoms with E-state index in [4.69, 9.17) is 0 Å². The molecule has 2 amide bonds. The van der Waals surface area contributed by atoms with Gasteiger partial charge in [0, 0.05) is 11.0 Å². The Labute approximate surface area is 158 Å². The molecule has 0 spiro atoms. The van der Waals surface area contributed by atoms with Crippen LogP contribution in [0.4, 0.5) is 4.79 Å². The maximum Gasteiger partial charge on any atom is 0.315 e. The Morgan fingerprint density at radius 1 is 1.12 bits per heavy atom. The van der Waals surface area contributed by atoms with Crippen molar-refractivity contribution < 1.29 is 4.79 Å². The van der Waals surface area contributed by atoms with Crippen molar-refractivity contribution in [3.63, 3.8) is 0 Å². The number of urea groups is 1. The van der Waals surface area contributed by atoms with Gasteiger partial charge in [0.25, 0.3) is 0 Å². The molecular weight excluding hydrogens is 376 g/mol. The number of carbonyl (C=O) groups excluding carboxylic acids is 1. The van der Waals surface area contributed by atoms with Gasteiger partial charge in [0.05, 0.1) is 6.04 Å². The molecule has 0 heterocycles. The van der Waals surface area contributed by atoms with Gasteiger partial charge in [-0.05, 0) is 66.5 Å². The molecule has 0 radical (unpaired) electrons. The molecule has 1 aliphatic carbocycles. The van der Waals surface area contributed by atoms with Crippen molar-refractivity contribution >= 4 is 22.0 Å². The number of benzene rings is 2. The van der Waals surface area contributed by atoms with Gasteiger partial charge in [0.1, 0.15) is 0 Å². The number of aryl methyl sites for hydroxylation is 2. The van der Waals surface area contributed by atoms with Crippen molar-refractivity contribution in [2.24, 2.45) is 0 Å². The lowest BCUT2D eigenvalue weighted by Gasteiger charge is -2.22. The molecule has 132 valence electrons. The number of carbonyl (C=O) groups is 1. The zero-order valence-corrected chi connectivity index (χ0v) is 16.2. The van der Waals surface area contributed by atoms with E-state index in [1.807, 2.05) is 24.3 Å². The van der Waals surface area contributed by atoms with Crippen molar-refractivity contribution in [1.82, 2.24) is 10.6 Å². The summed E-state index contributed by atoms with van der Waals surface area (Å²) in [6, 6.07) is 14.6. The summed E-state index contributed by atoms with van der Waals surface area (Å²) in [6.45, 7) is 2.63. The summed E-state index contributed by atoms with van der Waals surface area (Å²) in [5, 5.41) is 6.07. The van der Waals surface area contributed by atoms with Gasteiger partial charge in [-0.2, -0.15) is 0 Å². The van der Waals surface area contributed by atoms with Gasteiger partial charge in [0.15, 0.2) is 0 Å². The van der Waals surface area contributed by atoms with E-state index in [0.29, 0.717) is 6.54 Å².